The third-order valence-corrected chi connectivity index (χ3v) is 1.42. The fraction of sp³-hybridized carbons (Fsp3) is 0.0667. The Balaban J connectivity index is 0.000000230. The molecule has 1 N–H and O–H groups in total. The van der Waals surface area contributed by atoms with Crippen molar-refractivity contribution < 1.29 is 5.11 Å². The van der Waals surface area contributed by atoms with Gasteiger partial charge in [0.25, 0.3) is 0 Å². The minimum absolute atomic E-state index is 0.322. The third kappa shape index (κ3) is 10.1. The molecule has 16 heavy (non-hydrogen) atoms. The van der Waals surface area contributed by atoms with Gasteiger partial charge in [-0.3, -0.25) is 0 Å². The molecule has 0 bridgehead atoms. The first kappa shape index (κ1) is 14.0. The first-order valence-electron chi connectivity index (χ1n) is 5.12. The molecule has 0 unspecified atom stereocenters. The summed E-state index contributed by atoms with van der Waals surface area (Å²) in [5, 5.41) is 8.63. The van der Waals surface area contributed by atoms with E-state index < -0.39 is 0 Å². The Morgan fingerprint density at radius 3 is 1.25 bits per heavy atom. The summed E-state index contributed by atoms with van der Waals surface area (Å²) in [5.41, 5.74) is 0. The molecule has 0 aliphatic heterocycles. The zero-order valence-corrected chi connectivity index (χ0v) is 9.58. The van der Waals surface area contributed by atoms with Crippen LogP contribution in [0.3, 0.4) is 0 Å². The van der Waals surface area contributed by atoms with Crippen LogP contribution in [0.1, 0.15) is 6.92 Å². The molecule has 0 atom stereocenters. The van der Waals surface area contributed by atoms with Crippen molar-refractivity contribution in [2.75, 3.05) is 0 Å². The Morgan fingerprint density at radius 1 is 0.812 bits per heavy atom. The van der Waals surface area contributed by atoms with Gasteiger partial charge in [0.05, 0.1) is 0 Å². The molecule has 0 aliphatic rings. The Morgan fingerprint density at radius 2 is 1.06 bits per heavy atom. The van der Waals surface area contributed by atoms with Crippen LogP contribution in [0.25, 0.3) is 0 Å². The van der Waals surface area contributed by atoms with Crippen LogP contribution in [0.4, 0.5) is 0 Å². The molecule has 0 aliphatic carbocycles. The summed E-state index contributed by atoms with van der Waals surface area (Å²) in [6, 6.07) is 20.7. The molecular formula is C15H18O. The van der Waals surface area contributed by atoms with Gasteiger partial charge >= 0.3 is 0 Å². The van der Waals surface area contributed by atoms with E-state index in [1.165, 1.54) is 0 Å². The van der Waals surface area contributed by atoms with Crippen molar-refractivity contribution in [3.63, 3.8) is 0 Å². The van der Waals surface area contributed by atoms with Gasteiger partial charge in [0, 0.05) is 0 Å². The number of phenolic OH excluding ortho intramolecular Hbond substituents is 1. The van der Waals surface area contributed by atoms with E-state index in [4.69, 9.17) is 5.11 Å². The number of hydrogen-bond acceptors (Lipinski definition) is 1. The second kappa shape index (κ2) is 11.1. The van der Waals surface area contributed by atoms with Crippen LogP contribution in [-0.2, 0) is 0 Å². The maximum absolute atomic E-state index is 8.63. The van der Waals surface area contributed by atoms with Gasteiger partial charge in [-0.1, -0.05) is 60.7 Å². The molecule has 2 aromatic carbocycles. The molecule has 0 amide bonds. The lowest BCUT2D eigenvalue weighted by Crippen LogP contribution is -1.56. The first-order chi connectivity index (χ1) is 7.81. The third-order valence-electron chi connectivity index (χ3n) is 1.42. The smallest absolute Gasteiger partial charge is 0.115 e. The molecule has 0 saturated carbocycles. The van der Waals surface area contributed by atoms with Gasteiger partial charge in [-0.15, -0.1) is 6.58 Å². The van der Waals surface area contributed by atoms with Crippen LogP contribution < -0.4 is 0 Å². The maximum Gasteiger partial charge on any atom is 0.115 e. The molecule has 0 heterocycles. The number of rotatable bonds is 0. The monoisotopic (exact) mass is 214 g/mol. The SMILES string of the molecule is C=CC.Oc1ccccc1.c1ccccc1. The van der Waals surface area contributed by atoms with Crippen molar-refractivity contribution in [3.05, 3.63) is 79.4 Å². The highest BCUT2D eigenvalue weighted by molar-refractivity contribution is 5.18. The number of allylic oxidation sites excluding steroid dienone is 1. The Hall–Kier alpha value is -2.02. The maximum atomic E-state index is 8.63. The topological polar surface area (TPSA) is 20.2 Å². The molecule has 0 spiro atoms. The quantitative estimate of drug-likeness (QED) is 0.649. The van der Waals surface area contributed by atoms with E-state index in [1.807, 2.05) is 49.4 Å². The lowest BCUT2D eigenvalue weighted by atomic mass is 10.3. The van der Waals surface area contributed by atoms with E-state index in [1.54, 1.807) is 30.3 Å². The second-order valence-corrected chi connectivity index (χ2v) is 2.90. The van der Waals surface area contributed by atoms with Crippen molar-refractivity contribution in [1.29, 1.82) is 0 Å². The zero-order valence-electron chi connectivity index (χ0n) is 9.58. The van der Waals surface area contributed by atoms with Gasteiger partial charge in [0.1, 0.15) is 5.75 Å². The van der Waals surface area contributed by atoms with E-state index >= 15 is 0 Å². The summed E-state index contributed by atoms with van der Waals surface area (Å²) in [7, 11) is 0. The zero-order chi connectivity index (χ0) is 12.1. The predicted molar refractivity (Wildman–Crippen MR) is 70.4 cm³/mol. The summed E-state index contributed by atoms with van der Waals surface area (Å²) < 4.78 is 0. The van der Waals surface area contributed by atoms with E-state index in [2.05, 4.69) is 6.58 Å². The van der Waals surface area contributed by atoms with Crippen molar-refractivity contribution in [2.24, 2.45) is 0 Å². The molecule has 84 valence electrons. The van der Waals surface area contributed by atoms with Crippen molar-refractivity contribution in [2.45, 2.75) is 6.92 Å². The highest BCUT2D eigenvalue weighted by Crippen LogP contribution is 2.02. The summed E-state index contributed by atoms with van der Waals surface area (Å²) in [4.78, 5) is 0. The minimum Gasteiger partial charge on any atom is -0.508 e. The van der Waals surface area contributed by atoms with Crippen LogP contribution in [0, 0.1) is 0 Å². The molecule has 0 fully saturated rings. The molecule has 0 saturated heterocycles. The molecular weight excluding hydrogens is 196 g/mol. The highest BCUT2D eigenvalue weighted by atomic mass is 16.3. The van der Waals surface area contributed by atoms with E-state index in [9.17, 15) is 0 Å². The number of hydrogen-bond donors (Lipinski definition) is 1. The van der Waals surface area contributed by atoms with Crippen LogP contribution in [0.5, 0.6) is 5.75 Å². The van der Waals surface area contributed by atoms with Crippen LogP contribution in [0.15, 0.2) is 79.4 Å². The molecule has 1 heteroatoms. The summed E-state index contributed by atoms with van der Waals surface area (Å²) in [6.07, 6.45) is 1.75. The molecule has 0 radical (unpaired) electrons. The average molecular weight is 214 g/mol. The van der Waals surface area contributed by atoms with Crippen LogP contribution in [-0.4, -0.2) is 5.11 Å². The Kier molecular flexibility index (Phi) is 9.66. The molecule has 0 aromatic heterocycles. The van der Waals surface area contributed by atoms with Crippen LogP contribution >= 0.6 is 0 Å². The van der Waals surface area contributed by atoms with Gasteiger partial charge in [0.2, 0.25) is 0 Å². The predicted octanol–water partition coefficient (Wildman–Crippen LogP) is 4.27. The van der Waals surface area contributed by atoms with Crippen LogP contribution in [0.2, 0.25) is 0 Å². The summed E-state index contributed by atoms with van der Waals surface area (Å²) in [6.45, 7) is 5.25. The lowest BCUT2D eigenvalue weighted by Gasteiger charge is -1.82. The van der Waals surface area contributed by atoms with Gasteiger partial charge in [-0.2, -0.15) is 0 Å². The Bertz CT molecular complexity index is 314. The van der Waals surface area contributed by atoms with Gasteiger partial charge in [-0.25, -0.2) is 0 Å². The fourth-order valence-corrected chi connectivity index (χ4v) is 0.813. The second-order valence-electron chi connectivity index (χ2n) is 2.90. The van der Waals surface area contributed by atoms with E-state index in [0.29, 0.717) is 5.75 Å². The van der Waals surface area contributed by atoms with Crippen molar-refractivity contribution in [3.8, 4) is 5.75 Å². The standard InChI is InChI=1S/C6H6O.C6H6.C3H6/c7-6-4-2-1-3-5-6;1-2-4-6-5-3-1;1-3-2/h1-5,7H;1-6H;3H,1H2,2H3. The molecule has 2 rings (SSSR count). The number of para-hydroxylation sites is 1. The van der Waals surface area contributed by atoms with Gasteiger partial charge in [0.15, 0.2) is 0 Å². The van der Waals surface area contributed by atoms with Crippen molar-refractivity contribution in [1.82, 2.24) is 0 Å². The first-order valence-corrected chi connectivity index (χ1v) is 5.12. The minimum atomic E-state index is 0.322. The number of benzene rings is 2. The number of aromatic hydroxyl groups is 1. The highest BCUT2D eigenvalue weighted by Gasteiger charge is 1.74. The molecule has 1 nitrogen and oxygen atoms in total. The normalized spacial score (nSPS) is 7.56. The largest absolute Gasteiger partial charge is 0.508 e. The number of phenols is 1. The lowest BCUT2D eigenvalue weighted by molar-refractivity contribution is 0.475. The average Bonchev–Trinajstić information content (AvgIpc) is 2.34. The van der Waals surface area contributed by atoms with Crippen molar-refractivity contribution >= 4 is 0 Å². The van der Waals surface area contributed by atoms with E-state index in [-0.39, 0.29) is 0 Å². The summed E-state index contributed by atoms with van der Waals surface area (Å²) >= 11 is 0. The fourth-order valence-electron chi connectivity index (χ4n) is 0.813. The van der Waals surface area contributed by atoms with Gasteiger partial charge < -0.3 is 5.11 Å². The van der Waals surface area contributed by atoms with E-state index in [0.717, 1.165) is 0 Å². The molecule has 2 aromatic rings. The van der Waals surface area contributed by atoms with Gasteiger partial charge in [-0.05, 0) is 19.1 Å². The Labute approximate surface area is 97.7 Å². The summed E-state index contributed by atoms with van der Waals surface area (Å²) in [5.74, 6) is 0.322.